The third kappa shape index (κ3) is 2.38. The number of hydrogen-bond acceptors (Lipinski definition) is 2. The van der Waals surface area contributed by atoms with E-state index in [1.165, 1.54) is 24.8 Å². The molecule has 0 aromatic heterocycles. The van der Waals surface area contributed by atoms with Gasteiger partial charge in [0.15, 0.2) is 0 Å². The van der Waals surface area contributed by atoms with Crippen molar-refractivity contribution in [1.29, 1.82) is 0 Å². The van der Waals surface area contributed by atoms with Crippen LogP contribution in [0.2, 0.25) is 0 Å². The molecular formula is C15H22O2. The summed E-state index contributed by atoms with van der Waals surface area (Å²) in [6.45, 7) is 0. The van der Waals surface area contributed by atoms with E-state index in [4.69, 9.17) is 9.47 Å². The topological polar surface area (TPSA) is 18.5 Å². The minimum atomic E-state index is -0.257. The predicted octanol–water partition coefficient (Wildman–Crippen LogP) is 3.51. The van der Waals surface area contributed by atoms with E-state index in [2.05, 4.69) is 24.3 Å². The summed E-state index contributed by atoms with van der Waals surface area (Å²) in [6, 6.07) is 10.5. The van der Waals surface area contributed by atoms with Crippen molar-refractivity contribution < 1.29 is 9.47 Å². The van der Waals surface area contributed by atoms with Crippen LogP contribution in [-0.2, 0) is 15.1 Å². The molecule has 0 aliphatic heterocycles. The van der Waals surface area contributed by atoms with Crippen LogP contribution in [0.1, 0.15) is 37.7 Å². The molecule has 0 spiro atoms. The standard InChI is InChI=1S/C15H22O2/c1-16-14-11-7-4-8-12-15(14,17-2)13-9-5-3-6-10-13/h3,5-6,9-10,14H,4,7-8,11-12H2,1-2H3. The molecule has 2 rings (SSSR count). The fraction of sp³-hybridized carbons (Fsp3) is 0.600. The SMILES string of the molecule is COC1CCCCCC1(OC)c1ccccc1. The molecule has 1 fully saturated rings. The molecular weight excluding hydrogens is 212 g/mol. The number of benzene rings is 1. The van der Waals surface area contributed by atoms with Crippen LogP contribution in [0.3, 0.4) is 0 Å². The fourth-order valence-corrected chi connectivity index (χ4v) is 3.00. The number of hydrogen-bond donors (Lipinski definition) is 0. The average molecular weight is 234 g/mol. The van der Waals surface area contributed by atoms with Crippen molar-refractivity contribution in [3.05, 3.63) is 35.9 Å². The van der Waals surface area contributed by atoms with Gasteiger partial charge >= 0.3 is 0 Å². The van der Waals surface area contributed by atoms with Crippen LogP contribution in [0.25, 0.3) is 0 Å². The van der Waals surface area contributed by atoms with Crippen LogP contribution in [0.5, 0.6) is 0 Å². The molecule has 0 bridgehead atoms. The molecule has 1 aliphatic carbocycles. The Kier molecular flexibility index (Phi) is 4.19. The maximum Gasteiger partial charge on any atom is 0.119 e. The zero-order valence-corrected chi connectivity index (χ0v) is 10.8. The third-order valence-corrected chi connectivity index (χ3v) is 3.95. The van der Waals surface area contributed by atoms with Gasteiger partial charge in [-0.2, -0.15) is 0 Å². The van der Waals surface area contributed by atoms with Gasteiger partial charge in [-0.05, 0) is 18.4 Å². The predicted molar refractivity (Wildman–Crippen MR) is 69.0 cm³/mol. The van der Waals surface area contributed by atoms with Crippen LogP contribution in [0.15, 0.2) is 30.3 Å². The van der Waals surface area contributed by atoms with Crippen molar-refractivity contribution in [2.75, 3.05) is 14.2 Å². The van der Waals surface area contributed by atoms with Crippen molar-refractivity contribution in [3.63, 3.8) is 0 Å². The van der Waals surface area contributed by atoms with Gasteiger partial charge in [-0.15, -0.1) is 0 Å². The molecule has 0 amide bonds. The van der Waals surface area contributed by atoms with Crippen molar-refractivity contribution in [2.24, 2.45) is 0 Å². The highest BCUT2D eigenvalue weighted by Crippen LogP contribution is 2.40. The van der Waals surface area contributed by atoms with Gasteiger partial charge in [0.05, 0.1) is 6.10 Å². The maximum atomic E-state index is 5.92. The first-order chi connectivity index (χ1) is 8.33. The van der Waals surface area contributed by atoms with Gasteiger partial charge in [0, 0.05) is 14.2 Å². The first-order valence-electron chi connectivity index (χ1n) is 6.47. The largest absolute Gasteiger partial charge is 0.378 e. The van der Waals surface area contributed by atoms with Gasteiger partial charge < -0.3 is 9.47 Å². The first kappa shape index (κ1) is 12.6. The Balaban J connectivity index is 2.38. The van der Waals surface area contributed by atoms with Crippen LogP contribution in [0.4, 0.5) is 0 Å². The molecule has 2 heteroatoms. The fourth-order valence-electron chi connectivity index (χ4n) is 3.00. The molecule has 0 heterocycles. The lowest BCUT2D eigenvalue weighted by atomic mass is 9.84. The zero-order chi connectivity index (χ0) is 12.1. The van der Waals surface area contributed by atoms with Gasteiger partial charge in [-0.3, -0.25) is 0 Å². The molecule has 2 nitrogen and oxygen atoms in total. The van der Waals surface area contributed by atoms with E-state index in [1.807, 2.05) is 13.2 Å². The van der Waals surface area contributed by atoms with Gasteiger partial charge in [0.2, 0.25) is 0 Å². The lowest BCUT2D eigenvalue weighted by molar-refractivity contribution is -0.127. The average Bonchev–Trinajstić information content (AvgIpc) is 2.62. The van der Waals surface area contributed by atoms with Crippen LogP contribution in [-0.4, -0.2) is 20.3 Å². The highest BCUT2D eigenvalue weighted by molar-refractivity contribution is 5.24. The molecule has 1 saturated carbocycles. The third-order valence-electron chi connectivity index (χ3n) is 3.95. The van der Waals surface area contributed by atoms with Crippen molar-refractivity contribution in [3.8, 4) is 0 Å². The second-order valence-electron chi connectivity index (χ2n) is 4.78. The minimum Gasteiger partial charge on any atom is -0.378 e. The summed E-state index contributed by atoms with van der Waals surface area (Å²) in [4.78, 5) is 0. The Morgan fingerprint density at radius 2 is 1.82 bits per heavy atom. The summed E-state index contributed by atoms with van der Waals surface area (Å²) in [5.74, 6) is 0. The van der Waals surface area contributed by atoms with E-state index in [1.54, 1.807) is 7.11 Å². The Labute approximate surface area is 104 Å². The van der Waals surface area contributed by atoms with Gasteiger partial charge in [0.25, 0.3) is 0 Å². The van der Waals surface area contributed by atoms with Crippen LogP contribution >= 0.6 is 0 Å². The molecule has 2 unspecified atom stereocenters. The van der Waals surface area contributed by atoms with E-state index in [-0.39, 0.29) is 11.7 Å². The highest BCUT2D eigenvalue weighted by Gasteiger charge is 2.41. The Morgan fingerprint density at radius 3 is 2.47 bits per heavy atom. The van der Waals surface area contributed by atoms with Crippen molar-refractivity contribution in [2.45, 2.75) is 43.8 Å². The van der Waals surface area contributed by atoms with Gasteiger partial charge in [-0.1, -0.05) is 49.6 Å². The first-order valence-corrected chi connectivity index (χ1v) is 6.47. The molecule has 2 atom stereocenters. The monoisotopic (exact) mass is 234 g/mol. The molecule has 0 radical (unpaired) electrons. The van der Waals surface area contributed by atoms with Crippen LogP contribution in [0, 0.1) is 0 Å². The molecule has 1 aliphatic rings. The Hall–Kier alpha value is -0.860. The van der Waals surface area contributed by atoms with E-state index >= 15 is 0 Å². The highest BCUT2D eigenvalue weighted by atomic mass is 16.5. The smallest absolute Gasteiger partial charge is 0.119 e. The number of ether oxygens (including phenoxy) is 2. The number of rotatable bonds is 3. The Morgan fingerprint density at radius 1 is 1.06 bits per heavy atom. The van der Waals surface area contributed by atoms with Crippen molar-refractivity contribution in [1.82, 2.24) is 0 Å². The second-order valence-corrected chi connectivity index (χ2v) is 4.78. The van der Waals surface area contributed by atoms with Crippen molar-refractivity contribution >= 4 is 0 Å². The van der Waals surface area contributed by atoms with Crippen LogP contribution < -0.4 is 0 Å². The lowest BCUT2D eigenvalue weighted by Crippen LogP contribution is -2.41. The molecule has 0 saturated heterocycles. The second kappa shape index (κ2) is 5.65. The van der Waals surface area contributed by atoms with E-state index in [0.29, 0.717) is 0 Å². The van der Waals surface area contributed by atoms with Gasteiger partial charge in [-0.25, -0.2) is 0 Å². The molecule has 1 aromatic carbocycles. The van der Waals surface area contributed by atoms with Gasteiger partial charge in [0.1, 0.15) is 5.60 Å². The molecule has 94 valence electrons. The normalized spacial score (nSPS) is 29.9. The summed E-state index contributed by atoms with van der Waals surface area (Å²) in [5.41, 5.74) is 0.989. The lowest BCUT2D eigenvalue weighted by Gasteiger charge is -2.38. The Bertz CT molecular complexity index is 336. The molecule has 0 N–H and O–H groups in total. The quantitative estimate of drug-likeness (QED) is 0.745. The summed E-state index contributed by atoms with van der Waals surface area (Å²) in [7, 11) is 3.61. The van der Waals surface area contributed by atoms with E-state index < -0.39 is 0 Å². The zero-order valence-electron chi connectivity index (χ0n) is 10.8. The molecule has 1 aromatic rings. The summed E-state index contributed by atoms with van der Waals surface area (Å²) >= 11 is 0. The minimum absolute atomic E-state index is 0.164. The summed E-state index contributed by atoms with van der Waals surface area (Å²) in [6.07, 6.45) is 6.01. The van der Waals surface area contributed by atoms with E-state index in [9.17, 15) is 0 Å². The molecule has 17 heavy (non-hydrogen) atoms. The van der Waals surface area contributed by atoms with E-state index in [0.717, 1.165) is 12.8 Å². The summed E-state index contributed by atoms with van der Waals surface area (Å²) in [5, 5.41) is 0. The number of methoxy groups -OCH3 is 2. The maximum absolute atomic E-state index is 5.92. The summed E-state index contributed by atoms with van der Waals surface area (Å²) < 4.78 is 11.6.